The molecule has 1 aliphatic heterocycles. The van der Waals surface area contributed by atoms with Crippen molar-refractivity contribution in [3.8, 4) is 0 Å². The Kier molecular flexibility index (Phi) is 3.35. The molecule has 1 N–H and O–H groups in total. The monoisotopic (exact) mass is 252 g/mol. The van der Waals surface area contributed by atoms with Gasteiger partial charge in [0, 0.05) is 12.8 Å². The van der Waals surface area contributed by atoms with E-state index in [0.717, 1.165) is 5.01 Å². The molecule has 1 aromatic rings. The fourth-order valence-electron chi connectivity index (χ4n) is 1.55. The predicted octanol–water partition coefficient (Wildman–Crippen LogP) is 0.179. The number of carbonyl (C=O) groups is 2. The number of hydrogen-bond donors (Lipinski definition) is 1. The number of carboxylic acid groups (broad SMARTS) is 1. The van der Waals surface area contributed by atoms with Gasteiger partial charge < -0.3 is 9.63 Å². The average Bonchev–Trinajstić information content (AvgIpc) is 2.74. The van der Waals surface area contributed by atoms with Crippen LogP contribution in [0.3, 0.4) is 0 Å². The predicted molar refractivity (Wildman–Crippen MR) is 58.8 cm³/mol. The van der Waals surface area contributed by atoms with Crippen molar-refractivity contribution in [2.75, 3.05) is 6.54 Å². The van der Waals surface area contributed by atoms with Crippen LogP contribution < -0.4 is 0 Å². The molecule has 0 spiro atoms. The van der Waals surface area contributed by atoms with E-state index in [4.69, 9.17) is 9.63 Å². The highest BCUT2D eigenvalue weighted by Crippen LogP contribution is 2.14. The lowest BCUT2D eigenvalue weighted by Gasteiger charge is -2.21. The fraction of sp³-hybridized carbons (Fsp3) is 0.500. The third-order valence-corrected chi connectivity index (χ3v) is 2.42. The number of amides is 1. The Morgan fingerprint density at radius 1 is 1.50 bits per heavy atom. The molecule has 8 nitrogen and oxygen atoms in total. The fourth-order valence-corrected chi connectivity index (χ4v) is 1.55. The van der Waals surface area contributed by atoms with Crippen molar-refractivity contribution >= 4 is 17.6 Å². The molecule has 8 heteroatoms. The Morgan fingerprint density at radius 3 is 2.89 bits per heavy atom. The van der Waals surface area contributed by atoms with Crippen molar-refractivity contribution in [1.29, 1.82) is 0 Å². The first-order valence-corrected chi connectivity index (χ1v) is 5.46. The number of nitrogens with zero attached hydrogens (tertiary/aromatic N) is 4. The minimum Gasteiger partial charge on any atom is -0.481 e. The van der Waals surface area contributed by atoms with Crippen LogP contribution in [-0.4, -0.2) is 44.4 Å². The van der Waals surface area contributed by atoms with E-state index in [-0.39, 0.29) is 31.2 Å². The van der Waals surface area contributed by atoms with Gasteiger partial charge >= 0.3 is 5.97 Å². The Morgan fingerprint density at radius 2 is 2.28 bits per heavy atom. The number of carboxylic acids is 1. The number of hydrazone groups is 1. The van der Waals surface area contributed by atoms with Gasteiger partial charge in [0.25, 0.3) is 5.89 Å². The van der Waals surface area contributed by atoms with Gasteiger partial charge in [-0.05, 0) is 6.92 Å². The van der Waals surface area contributed by atoms with Gasteiger partial charge in [0.15, 0.2) is 5.82 Å². The highest BCUT2D eigenvalue weighted by molar-refractivity contribution is 6.00. The van der Waals surface area contributed by atoms with E-state index in [1.165, 1.54) is 0 Å². The number of aryl methyl sites for hydroxylation is 1. The molecule has 0 aliphatic carbocycles. The first-order valence-electron chi connectivity index (χ1n) is 5.46. The molecule has 1 aromatic heterocycles. The molecular weight excluding hydrogens is 240 g/mol. The molecule has 2 heterocycles. The summed E-state index contributed by atoms with van der Waals surface area (Å²) >= 11 is 0. The van der Waals surface area contributed by atoms with E-state index in [1.807, 2.05) is 0 Å². The maximum Gasteiger partial charge on any atom is 0.305 e. The third kappa shape index (κ3) is 2.70. The van der Waals surface area contributed by atoms with Crippen LogP contribution in [0.2, 0.25) is 0 Å². The summed E-state index contributed by atoms with van der Waals surface area (Å²) in [5.74, 6) is -0.406. The highest BCUT2D eigenvalue weighted by Gasteiger charge is 2.24. The summed E-state index contributed by atoms with van der Waals surface area (Å²) in [6.07, 6.45) is 0.537. The quantitative estimate of drug-likeness (QED) is 0.818. The van der Waals surface area contributed by atoms with Gasteiger partial charge in [-0.2, -0.15) is 10.1 Å². The van der Waals surface area contributed by atoms with Crippen molar-refractivity contribution < 1.29 is 19.2 Å². The minimum absolute atomic E-state index is 0.0464. The van der Waals surface area contributed by atoms with Crippen LogP contribution in [0.15, 0.2) is 9.62 Å². The van der Waals surface area contributed by atoms with Crippen molar-refractivity contribution in [1.82, 2.24) is 15.1 Å². The van der Waals surface area contributed by atoms with Crippen molar-refractivity contribution in [2.45, 2.75) is 26.2 Å². The maximum atomic E-state index is 11.5. The Labute approximate surface area is 102 Å². The van der Waals surface area contributed by atoms with Crippen LogP contribution in [0.1, 0.15) is 31.0 Å². The highest BCUT2D eigenvalue weighted by atomic mass is 16.5. The number of rotatable bonds is 4. The molecule has 0 bridgehead atoms. The van der Waals surface area contributed by atoms with Crippen molar-refractivity contribution in [3.63, 3.8) is 0 Å². The Balaban J connectivity index is 2.14. The first kappa shape index (κ1) is 12.2. The largest absolute Gasteiger partial charge is 0.481 e. The van der Waals surface area contributed by atoms with E-state index < -0.39 is 5.97 Å². The molecule has 0 atom stereocenters. The molecule has 0 aromatic carbocycles. The maximum absolute atomic E-state index is 11.5. The zero-order valence-corrected chi connectivity index (χ0v) is 9.79. The van der Waals surface area contributed by atoms with Crippen LogP contribution in [-0.2, 0) is 9.59 Å². The van der Waals surface area contributed by atoms with Crippen LogP contribution in [0.25, 0.3) is 0 Å². The lowest BCUT2D eigenvalue weighted by Crippen LogP contribution is -2.33. The topological polar surface area (TPSA) is 109 Å². The number of carbonyl (C=O) groups excluding carboxylic acids is 1. The Hall–Kier alpha value is -2.25. The average molecular weight is 252 g/mol. The summed E-state index contributed by atoms with van der Waals surface area (Å²) in [6.45, 7) is 1.73. The van der Waals surface area contributed by atoms with Crippen LogP contribution in [0.4, 0.5) is 0 Å². The SMILES string of the molecule is Cc1noc(C2=NN(CCC(=O)O)C(=O)CC2)n1. The van der Waals surface area contributed by atoms with Crippen LogP contribution in [0, 0.1) is 6.92 Å². The van der Waals surface area contributed by atoms with E-state index >= 15 is 0 Å². The lowest BCUT2D eigenvalue weighted by molar-refractivity contribution is -0.138. The van der Waals surface area contributed by atoms with E-state index in [0.29, 0.717) is 18.0 Å². The first-order chi connectivity index (χ1) is 8.56. The lowest BCUT2D eigenvalue weighted by atomic mass is 10.1. The molecule has 96 valence electrons. The van der Waals surface area contributed by atoms with Gasteiger partial charge in [-0.3, -0.25) is 9.59 Å². The van der Waals surface area contributed by atoms with Crippen molar-refractivity contribution in [2.24, 2.45) is 5.10 Å². The van der Waals surface area contributed by atoms with Gasteiger partial charge in [0.1, 0.15) is 5.71 Å². The number of aliphatic carboxylic acids is 1. The van der Waals surface area contributed by atoms with E-state index in [9.17, 15) is 9.59 Å². The Bertz CT molecular complexity index is 508. The molecule has 2 rings (SSSR count). The zero-order valence-electron chi connectivity index (χ0n) is 9.79. The third-order valence-electron chi connectivity index (χ3n) is 2.42. The van der Waals surface area contributed by atoms with E-state index in [1.54, 1.807) is 6.92 Å². The van der Waals surface area contributed by atoms with Crippen molar-refractivity contribution in [3.05, 3.63) is 11.7 Å². The normalized spacial score (nSPS) is 15.7. The molecule has 0 saturated carbocycles. The number of hydrogen-bond acceptors (Lipinski definition) is 6. The number of aromatic nitrogens is 2. The molecule has 18 heavy (non-hydrogen) atoms. The summed E-state index contributed by atoms with van der Waals surface area (Å²) in [4.78, 5) is 26.1. The minimum atomic E-state index is -0.973. The second-order valence-electron chi connectivity index (χ2n) is 3.85. The summed E-state index contributed by atoms with van der Waals surface area (Å²) in [6, 6.07) is 0. The second-order valence-corrected chi connectivity index (χ2v) is 3.85. The zero-order chi connectivity index (χ0) is 13.1. The molecule has 0 saturated heterocycles. The van der Waals surface area contributed by atoms with Crippen LogP contribution in [0.5, 0.6) is 0 Å². The molecular formula is C10H12N4O4. The summed E-state index contributed by atoms with van der Waals surface area (Å²) in [5.41, 5.74) is 0.514. The van der Waals surface area contributed by atoms with Gasteiger partial charge in [0.05, 0.1) is 13.0 Å². The van der Waals surface area contributed by atoms with E-state index in [2.05, 4.69) is 15.2 Å². The molecule has 0 unspecified atom stereocenters. The van der Waals surface area contributed by atoms with Crippen LogP contribution >= 0.6 is 0 Å². The molecule has 0 radical (unpaired) electrons. The summed E-state index contributed by atoms with van der Waals surface area (Å²) in [5, 5.41) is 17.4. The summed E-state index contributed by atoms with van der Waals surface area (Å²) < 4.78 is 4.97. The molecule has 1 amide bonds. The van der Waals surface area contributed by atoms with Gasteiger partial charge in [-0.1, -0.05) is 5.16 Å². The molecule has 1 aliphatic rings. The second kappa shape index (κ2) is 4.94. The smallest absolute Gasteiger partial charge is 0.305 e. The molecule has 0 fully saturated rings. The van der Waals surface area contributed by atoms with Gasteiger partial charge in [-0.25, -0.2) is 5.01 Å². The van der Waals surface area contributed by atoms with Gasteiger partial charge in [-0.15, -0.1) is 0 Å². The summed E-state index contributed by atoms with van der Waals surface area (Å²) in [7, 11) is 0. The van der Waals surface area contributed by atoms with Gasteiger partial charge in [0.2, 0.25) is 5.91 Å². The standard InChI is InChI=1S/C10H12N4O4/c1-6-11-10(18-13-6)7-2-3-8(15)14(12-7)5-4-9(16)17/h2-5H2,1H3,(H,16,17).